The smallest absolute Gasteiger partial charge is 0.282 e. The summed E-state index contributed by atoms with van der Waals surface area (Å²) in [6, 6.07) is 0.0457. The number of hydrogen-bond donors (Lipinski definition) is 1. The van der Waals surface area contributed by atoms with Gasteiger partial charge in [0.25, 0.3) is 10.2 Å². The summed E-state index contributed by atoms with van der Waals surface area (Å²) in [7, 11) is -3.25. The average molecular weight is 235 g/mol. The van der Waals surface area contributed by atoms with Crippen LogP contribution in [0.4, 0.5) is 0 Å². The summed E-state index contributed by atoms with van der Waals surface area (Å²) >= 11 is 0. The zero-order chi connectivity index (χ0) is 11.5. The quantitative estimate of drug-likeness (QED) is 0.738. The van der Waals surface area contributed by atoms with E-state index in [2.05, 4.69) is 5.32 Å². The van der Waals surface area contributed by atoms with E-state index in [0.717, 1.165) is 13.1 Å². The van der Waals surface area contributed by atoms with Crippen LogP contribution >= 0.6 is 0 Å². The minimum atomic E-state index is -3.25. The molecule has 0 saturated carbocycles. The highest BCUT2D eigenvalue weighted by Crippen LogP contribution is 2.13. The molecule has 0 spiro atoms. The number of piperazine rings is 1. The van der Waals surface area contributed by atoms with Crippen LogP contribution in [0.15, 0.2) is 0 Å². The van der Waals surface area contributed by atoms with Gasteiger partial charge in [-0.25, -0.2) is 0 Å². The molecule has 1 saturated heterocycles. The summed E-state index contributed by atoms with van der Waals surface area (Å²) in [5, 5.41) is 3.19. The van der Waals surface area contributed by atoms with Gasteiger partial charge in [-0.1, -0.05) is 13.8 Å². The molecule has 5 nitrogen and oxygen atoms in total. The van der Waals surface area contributed by atoms with Gasteiger partial charge >= 0.3 is 0 Å². The first-order chi connectivity index (χ1) is 7.04. The summed E-state index contributed by atoms with van der Waals surface area (Å²) in [5.41, 5.74) is 0. The van der Waals surface area contributed by atoms with Crippen LogP contribution in [0.3, 0.4) is 0 Å². The Balaban J connectivity index is 2.83. The summed E-state index contributed by atoms with van der Waals surface area (Å²) in [5.74, 6) is 0. The van der Waals surface area contributed by atoms with Crippen LogP contribution in [0.5, 0.6) is 0 Å². The van der Waals surface area contributed by atoms with Crippen molar-refractivity contribution in [1.82, 2.24) is 13.9 Å². The number of rotatable bonds is 4. The lowest BCUT2D eigenvalue weighted by Crippen LogP contribution is -2.56. The van der Waals surface area contributed by atoms with E-state index >= 15 is 0 Å². The summed E-state index contributed by atoms with van der Waals surface area (Å²) in [6.45, 7) is 8.80. The fraction of sp³-hybridized carbons (Fsp3) is 1.00. The molecule has 1 heterocycles. The lowest BCUT2D eigenvalue weighted by molar-refractivity contribution is 0.260. The van der Waals surface area contributed by atoms with Crippen LogP contribution in [0.25, 0.3) is 0 Å². The maximum absolute atomic E-state index is 12.2. The second-order valence-electron chi connectivity index (χ2n) is 3.76. The van der Waals surface area contributed by atoms with Crippen LogP contribution in [0.2, 0.25) is 0 Å². The number of hydrogen-bond acceptors (Lipinski definition) is 3. The van der Waals surface area contributed by atoms with Gasteiger partial charge in [-0.15, -0.1) is 0 Å². The standard InChI is InChI=1S/C9H21N3O2S/c1-4-11(5-2)15(13,14)12-7-6-10-8-9(12)3/h9-10H,4-8H2,1-3H3. The van der Waals surface area contributed by atoms with Crippen molar-refractivity contribution < 1.29 is 8.42 Å². The Kier molecular flexibility index (Phi) is 4.51. The highest BCUT2D eigenvalue weighted by atomic mass is 32.2. The zero-order valence-corrected chi connectivity index (χ0v) is 10.5. The van der Waals surface area contributed by atoms with Crippen molar-refractivity contribution in [3.05, 3.63) is 0 Å². The molecule has 1 unspecified atom stereocenters. The molecular weight excluding hydrogens is 214 g/mol. The highest BCUT2D eigenvalue weighted by molar-refractivity contribution is 7.86. The van der Waals surface area contributed by atoms with Gasteiger partial charge < -0.3 is 5.32 Å². The van der Waals surface area contributed by atoms with Crippen molar-refractivity contribution in [2.45, 2.75) is 26.8 Å². The van der Waals surface area contributed by atoms with Crippen LogP contribution in [0, 0.1) is 0 Å². The van der Waals surface area contributed by atoms with Crippen molar-refractivity contribution in [1.29, 1.82) is 0 Å². The number of nitrogens with zero attached hydrogens (tertiary/aromatic N) is 2. The largest absolute Gasteiger partial charge is 0.314 e. The first-order valence-corrected chi connectivity index (χ1v) is 6.91. The van der Waals surface area contributed by atoms with Crippen molar-refractivity contribution >= 4 is 10.2 Å². The Hall–Kier alpha value is -0.170. The van der Waals surface area contributed by atoms with E-state index in [1.807, 2.05) is 20.8 Å². The normalized spacial score (nSPS) is 24.7. The second-order valence-corrected chi connectivity index (χ2v) is 5.64. The van der Waals surface area contributed by atoms with Gasteiger partial charge in [-0.3, -0.25) is 0 Å². The highest BCUT2D eigenvalue weighted by Gasteiger charge is 2.32. The van der Waals surface area contributed by atoms with Crippen LogP contribution in [-0.4, -0.2) is 55.8 Å². The van der Waals surface area contributed by atoms with Gasteiger partial charge in [-0.05, 0) is 6.92 Å². The summed E-state index contributed by atoms with van der Waals surface area (Å²) in [4.78, 5) is 0. The Morgan fingerprint density at radius 3 is 2.47 bits per heavy atom. The van der Waals surface area contributed by atoms with Gasteiger partial charge in [-0.2, -0.15) is 17.0 Å². The van der Waals surface area contributed by atoms with Crippen molar-refractivity contribution in [3.8, 4) is 0 Å². The molecule has 1 N–H and O–H groups in total. The third-order valence-electron chi connectivity index (χ3n) is 2.77. The molecule has 1 aliphatic rings. The van der Waals surface area contributed by atoms with E-state index in [1.54, 1.807) is 4.31 Å². The second kappa shape index (κ2) is 5.25. The van der Waals surface area contributed by atoms with E-state index < -0.39 is 10.2 Å². The maximum atomic E-state index is 12.2. The Morgan fingerprint density at radius 2 is 2.00 bits per heavy atom. The third-order valence-corrected chi connectivity index (χ3v) is 5.07. The fourth-order valence-electron chi connectivity index (χ4n) is 1.86. The van der Waals surface area contributed by atoms with Gasteiger partial charge in [0.2, 0.25) is 0 Å². The first-order valence-electron chi connectivity index (χ1n) is 5.51. The predicted molar refractivity (Wildman–Crippen MR) is 60.9 cm³/mol. The molecular formula is C9H21N3O2S. The van der Waals surface area contributed by atoms with Crippen LogP contribution in [-0.2, 0) is 10.2 Å². The lowest BCUT2D eigenvalue weighted by atomic mass is 10.3. The van der Waals surface area contributed by atoms with E-state index in [-0.39, 0.29) is 6.04 Å². The number of nitrogens with one attached hydrogen (secondary N) is 1. The van der Waals surface area contributed by atoms with E-state index in [4.69, 9.17) is 0 Å². The molecule has 0 bridgehead atoms. The van der Waals surface area contributed by atoms with Gasteiger partial charge in [0.15, 0.2) is 0 Å². The monoisotopic (exact) mass is 235 g/mol. The molecule has 0 amide bonds. The molecule has 0 aromatic rings. The molecule has 1 atom stereocenters. The Morgan fingerprint density at radius 1 is 1.40 bits per heavy atom. The van der Waals surface area contributed by atoms with E-state index in [1.165, 1.54) is 4.31 Å². The summed E-state index contributed by atoms with van der Waals surface area (Å²) < 4.78 is 27.5. The molecule has 6 heteroatoms. The molecule has 0 aromatic heterocycles. The minimum Gasteiger partial charge on any atom is -0.314 e. The van der Waals surface area contributed by atoms with Crippen LogP contribution in [0.1, 0.15) is 20.8 Å². The van der Waals surface area contributed by atoms with Crippen molar-refractivity contribution in [3.63, 3.8) is 0 Å². The Labute approximate surface area is 92.6 Å². The summed E-state index contributed by atoms with van der Waals surface area (Å²) in [6.07, 6.45) is 0. The molecule has 0 radical (unpaired) electrons. The molecule has 1 rings (SSSR count). The molecule has 1 fully saturated rings. The third kappa shape index (κ3) is 2.69. The van der Waals surface area contributed by atoms with Crippen molar-refractivity contribution in [2.24, 2.45) is 0 Å². The van der Waals surface area contributed by atoms with Crippen LogP contribution < -0.4 is 5.32 Å². The topological polar surface area (TPSA) is 52.7 Å². The van der Waals surface area contributed by atoms with Gasteiger partial charge in [0.05, 0.1) is 0 Å². The van der Waals surface area contributed by atoms with Gasteiger partial charge in [0, 0.05) is 38.8 Å². The minimum absolute atomic E-state index is 0.0457. The average Bonchev–Trinajstić information content (AvgIpc) is 2.19. The van der Waals surface area contributed by atoms with E-state index in [0.29, 0.717) is 19.6 Å². The molecule has 1 aliphatic heterocycles. The Bertz CT molecular complexity index is 288. The predicted octanol–water partition coefficient (Wildman–Crippen LogP) is -0.133. The van der Waals surface area contributed by atoms with E-state index in [9.17, 15) is 8.42 Å². The lowest BCUT2D eigenvalue weighted by Gasteiger charge is -2.36. The maximum Gasteiger partial charge on any atom is 0.282 e. The first kappa shape index (κ1) is 12.9. The fourth-order valence-corrected chi connectivity index (χ4v) is 3.66. The van der Waals surface area contributed by atoms with Crippen molar-refractivity contribution in [2.75, 3.05) is 32.7 Å². The van der Waals surface area contributed by atoms with Gasteiger partial charge in [0.1, 0.15) is 0 Å². The zero-order valence-electron chi connectivity index (χ0n) is 9.73. The SMILES string of the molecule is CCN(CC)S(=O)(=O)N1CCNCC1C. The molecule has 90 valence electrons. The molecule has 0 aromatic carbocycles. The molecule has 15 heavy (non-hydrogen) atoms. The molecule has 0 aliphatic carbocycles.